The highest BCUT2D eigenvalue weighted by atomic mass is 35.5. The van der Waals surface area contributed by atoms with Crippen LogP contribution in [0.15, 0.2) is 18.2 Å². The fraction of sp³-hybridized carbons (Fsp3) is 0.611. The normalized spacial score (nSPS) is 19.6. The molecule has 1 aliphatic heterocycles. The maximum atomic E-state index is 12.9. The molecule has 0 bridgehead atoms. The van der Waals surface area contributed by atoms with Gasteiger partial charge in [0, 0.05) is 25.6 Å². The topological polar surface area (TPSA) is 50.4 Å². The van der Waals surface area contributed by atoms with Gasteiger partial charge in [-0.3, -0.25) is 4.79 Å². The lowest BCUT2D eigenvalue weighted by Gasteiger charge is -2.32. The molecule has 1 amide bonds. The van der Waals surface area contributed by atoms with Crippen LogP contribution in [0.5, 0.6) is 5.75 Å². The summed E-state index contributed by atoms with van der Waals surface area (Å²) in [6.07, 6.45) is 4.12. The number of halogens is 1. The fourth-order valence-corrected chi connectivity index (χ4v) is 3.64. The van der Waals surface area contributed by atoms with Gasteiger partial charge in [0.15, 0.2) is 0 Å². The van der Waals surface area contributed by atoms with Gasteiger partial charge in [0.1, 0.15) is 5.75 Å². The zero-order valence-electron chi connectivity index (χ0n) is 14.0. The zero-order valence-corrected chi connectivity index (χ0v) is 14.8. The Morgan fingerprint density at radius 2 is 2.04 bits per heavy atom. The van der Waals surface area contributed by atoms with Gasteiger partial charge in [0.05, 0.1) is 12.5 Å². The summed E-state index contributed by atoms with van der Waals surface area (Å²) < 4.78 is 5.45. The maximum absolute atomic E-state index is 12.9. The maximum Gasteiger partial charge on any atom is 0.230 e. The first-order valence-electron chi connectivity index (χ1n) is 8.30. The van der Waals surface area contributed by atoms with E-state index in [1.807, 2.05) is 6.92 Å². The molecule has 2 fully saturated rings. The molecule has 128 valence electrons. The van der Waals surface area contributed by atoms with Crippen molar-refractivity contribution in [3.05, 3.63) is 29.3 Å². The highest BCUT2D eigenvalue weighted by Gasteiger charge is 2.43. The van der Waals surface area contributed by atoms with Gasteiger partial charge in [-0.2, -0.15) is 0 Å². The molecule has 23 heavy (non-hydrogen) atoms. The molecule has 0 radical (unpaired) electrons. The minimum atomic E-state index is -0.363. The SMILES string of the molecule is COc1cc(C2(C(=O)NCC3CNC3)CCCC2)ccc1C.Cl. The molecule has 3 rings (SSSR count). The summed E-state index contributed by atoms with van der Waals surface area (Å²) in [5, 5.41) is 6.45. The number of nitrogens with one attached hydrogen (secondary N) is 2. The van der Waals surface area contributed by atoms with Gasteiger partial charge in [-0.15, -0.1) is 12.4 Å². The van der Waals surface area contributed by atoms with Crippen LogP contribution < -0.4 is 15.4 Å². The Balaban J connectivity index is 0.00000192. The average molecular weight is 339 g/mol. The largest absolute Gasteiger partial charge is 0.496 e. The first-order chi connectivity index (χ1) is 10.7. The van der Waals surface area contributed by atoms with E-state index in [4.69, 9.17) is 4.74 Å². The highest BCUT2D eigenvalue weighted by molar-refractivity contribution is 5.88. The van der Waals surface area contributed by atoms with Gasteiger partial charge < -0.3 is 15.4 Å². The quantitative estimate of drug-likeness (QED) is 0.867. The van der Waals surface area contributed by atoms with E-state index < -0.39 is 0 Å². The van der Waals surface area contributed by atoms with Crippen LogP contribution in [0.4, 0.5) is 0 Å². The number of ether oxygens (including phenoxy) is 1. The number of carbonyl (C=O) groups excluding carboxylic acids is 1. The van der Waals surface area contributed by atoms with Crippen LogP contribution >= 0.6 is 12.4 Å². The van der Waals surface area contributed by atoms with Crippen LogP contribution in [0.2, 0.25) is 0 Å². The Kier molecular flexibility index (Phi) is 5.93. The van der Waals surface area contributed by atoms with Crippen molar-refractivity contribution >= 4 is 18.3 Å². The number of amides is 1. The predicted octanol–water partition coefficient (Wildman–Crippen LogP) is 2.57. The monoisotopic (exact) mass is 338 g/mol. The molecule has 2 aliphatic rings. The molecule has 1 saturated heterocycles. The number of carbonyl (C=O) groups is 1. The first kappa shape index (κ1) is 18.1. The van der Waals surface area contributed by atoms with E-state index >= 15 is 0 Å². The van der Waals surface area contributed by atoms with Gasteiger partial charge in [0.25, 0.3) is 0 Å². The molecule has 4 nitrogen and oxygen atoms in total. The first-order valence-corrected chi connectivity index (χ1v) is 8.30. The van der Waals surface area contributed by atoms with Crippen molar-refractivity contribution in [2.75, 3.05) is 26.7 Å². The van der Waals surface area contributed by atoms with E-state index in [2.05, 4.69) is 28.8 Å². The molecule has 5 heteroatoms. The lowest BCUT2D eigenvalue weighted by Crippen LogP contribution is -2.51. The molecule has 1 aliphatic carbocycles. The van der Waals surface area contributed by atoms with E-state index in [1.165, 1.54) is 0 Å². The van der Waals surface area contributed by atoms with E-state index in [0.29, 0.717) is 5.92 Å². The molecular weight excluding hydrogens is 312 g/mol. The van der Waals surface area contributed by atoms with Crippen molar-refractivity contribution in [1.29, 1.82) is 0 Å². The van der Waals surface area contributed by atoms with Gasteiger partial charge >= 0.3 is 0 Å². The lowest BCUT2D eigenvalue weighted by atomic mass is 9.77. The van der Waals surface area contributed by atoms with E-state index in [9.17, 15) is 4.79 Å². The summed E-state index contributed by atoms with van der Waals surface area (Å²) in [7, 11) is 1.69. The average Bonchev–Trinajstić information content (AvgIpc) is 2.97. The predicted molar refractivity (Wildman–Crippen MR) is 94.5 cm³/mol. The lowest BCUT2D eigenvalue weighted by molar-refractivity contribution is -0.126. The Hall–Kier alpha value is -1.26. The summed E-state index contributed by atoms with van der Waals surface area (Å²) in [6, 6.07) is 6.23. The number of benzene rings is 1. The van der Waals surface area contributed by atoms with Crippen molar-refractivity contribution in [2.24, 2.45) is 5.92 Å². The van der Waals surface area contributed by atoms with Crippen LogP contribution in [-0.4, -0.2) is 32.7 Å². The van der Waals surface area contributed by atoms with Crippen LogP contribution in [0.3, 0.4) is 0 Å². The van der Waals surface area contributed by atoms with Crippen molar-refractivity contribution in [2.45, 2.75) is 38.0 Å². The Bertz CT molecular complexity index is 552. The third kappa shape index (κ3) is 3.48. The summed E-state index contributed by atoms with van der Waals surface area (Å²) in [5.74, 6) is 1.66. The molecule has 1 aromatic carbocycles. The minimum absolute atomic E-state index is 0. The van der Waals surface area contributed by atoms with Gasteiger partial charge in [-0.05, 0) is 37.0 Å². The van der Waals surface area contributed by atoms with Crippen LogP contribution in [0.25, 0.3) is 0 Å². The molecule has 0 unspecified atom stereocenters. The molecule has 1 saturated carbocycles. The van der Waals surface area contributed by atoms with Crippen LogP contribution in [0.1, 0.15) is 36.8 Å². The molecule has 0 aromatic heterocycles. The second-order valence-electron chi connectivity index (χ2n) is 6.71. The molecule has 0 atom stereocenters. The van der Waals surface area contributed by atoms with Crippen LogP contribution in [-0.2, 0) is 10.2 Å². The molecule has 1 aromatic rings. The summed E-state index contributed by atoms with van der Waals surface area (Å²) in [4.78, 5) is 12.9. The smallest absolute Gasteiger partial charge is 0.230 e. The fourth-order valence-electron chi connectivity index (χ4n) is 3.64. The van der Waals surface area contributed by atoms with Crippen molar-refractivity contribution in [1.82, 2.24) is 10.6 Å². The summed E-state index contributed by atoms with van der Waals surface area (Å²) >= 11 is 0. The van der Waals surface area contributed by atoms with Crippen molar-refractivity contribution < 1.29 is 9.53 Å². The standard InChI is InChI=1S/C18H26N2O2.ClH/c1-13-5-6-15(9-16(13)22-2)18(7-3-4-8-18)17(21)20-12-14-10-19-11-14;/h5-6,9,14,19H,3-4,7-8,10-12H2,1-2H3,(H,20,21);1H. The number of aryl methyl sites for hydroxylation is 1. The summed E-state index contributed by atoms with van der Waals surface area (Å²) in [6.45, 7) is 4.86. The van der Waals surface area contributed by atoms with Crippen molar-refractivity contribution in [3.63, 3.8) is 0 Å². The number of hydrogen-bond donors (Lipinski definition) is 2. The van der Waals surface area contributed by atoms with Crippen LogP contribution in [0, 0.1) is 12.8 Å². The third-order valence-corrected chi connectivity index (χ3v) is 5.27. The third-order valence-electron chi connectivity index (χ3n) is 5.27. The number of methoxy groups -OCH3 is 1. The summed E-state index contributed by atoms with van der Waals surface area (Å²) in [5.41, 5.74) is 1.86. The Morgan fingerprint density at radius 1 is 1.35 bits per heavy atom. The molecular formula is C18H27ClN2O2. The zero-order chi connectivity index (χ0) is 15.6. The van der Waals surface area contributed by atoms with E-state index in [0.717, 1.165) is 62.2 Å². The van der Waals surface area contributed by atoms with Gasteiger partial charge in [-0.25, -0.2) is 0 Å². The second-order valence-corrected chi connectivity index (χ2v) is 6.71. The van der Waals surface area contributed by atoms with Crippen molar-refractivity contribution in [3.8, 4) is 5.75 Å². The molecule has 1 heterocycles. The Morgan fingerprint density at radius 3 is 2.61 bits per heavy atom. The highest BCUT2D eigenvalue weighted by Crippen LogP contribution is 2.42. The molecule has 0 spiro atoms. The van der Waals surface area contributed by atoms with Gasteiger partial charge in [-0.1, -0.05) is 25.0 Å². The Labute approximate surface area is 144 Å². The minimum Gasteiger partial charge on any atom is -0.496 e. The van der Waals surface area contributed by atoms with E-state index in [1.54, 1.807) is 7.11 Å². The second kappa shape index (κ2) is 7.54. The number of hydrogen-bond acceptors (Lipinski definition) is 3. The molecule has 2 N–H and O–H groups in total. The van der Waals surface area contributed by atoms with E-state index in [-0.39, 0.29) is 23.7 Å². The van der Waals surface area contributed by atoms with Gasteiger partial charge in [0.2, 0.25) is 5.91 Å². The number of rotatable bonds is 5.